The molecule has 0 aliphatic rings. The van der Waals surface area contributed by atoms with Crippen LogP contribution in [0.1, 0.15) is 104 Å². The molecule has 0 N–H and O–H groups in total. The second-order valence-corrected chi connectivity index (χ2v) is 6.20. The first-order chi connectivity index (χ1) is 11.5. The van der Waals surface area contributed by atoms with Gasteiger partial charge in [0.05, 0.1) is 0 Å². The van der Waals surface area contributed by atoms with E-state index in [0.29, 0.717) is 0 Å². The Hall–Kier alpha value is -0.398. The number of hydrogen-bond acceptors (Lipinski definition) is 4. The van der Waals surface area contributed by atoms with E-state index in [4.69, 9.17) is 9.90 Å². The van der Waals surface area contributed by atoms with Crippen molar-refractivity contribution in [1.29, 1.82) is 0 Å². The summed E-state index contributed by atoms with van der Waals surface area (Å²) in [6.45, 7) is 3.23. The second-order valence-electron chi connectivity index (χ2n) is 6.20. The summed E-state index contributed by atoms with van der Waals surface area (Å²) < 4.78 is 0. The van der Waals surface area contributed by atoms with Crippen LogP contribution in [0.25, 0.3) is 0 Å². The molecule has 142 valence electrons. The van der Waals surface area contributed by atoms with Gasteiger partial charge in [-0.15, -0.1) is 0 Å². The summed E-state index contributed by atoms with van der Waals surface area (Å²) in [6.07, 6.45) is 20.9. The van der Waals surface area contributed by atoms with Crippen LogP contribution in [0.4, 0.5) is 0 Å². The van der Waals surface area contributed by atoms with Gasteiger partial charge in [0.2, 0.25) is 0 Å². The predicted octanol–water partition coefficient (Wildman–Crippen LogP) is 3.53. The number of rotatable bonds is 15. The summed E-state index contributed by atoms with van der Waals surface area (Å²) in [5, 5.41) is 19.1. The number of carbonyl (C=O) groups excluding carboxylic acids is 2. The molecule has 0 atom stereocenters. The van der Waals surface area contributed by atoms with E-state index < -0.39 is 11.9 Å². The van der Waals surface area contributed by atoms with Crippen molar-refractivity contribution in [3.05, 3.63) is 12.2 Å². The van der Waals surface area contributed by atoms with Crippen LogP contribution in [0.5, 0.6) is 0 Å². The molecule has 0 rings (SSSR count). The fourth-order valence-electron chi connectivity index (χ4n) is 2.34. The van der Waals surface area contributed by atoms with Crippen LogP contribution in [0.2, 0.25) is 0 Å². The first-order valence-electron chi connectivity index (χ1n) is 9.53. The maximum absolute atomic E-state index is 10.2. The van der Waals surface area contributed by atoms with E-state index in [-0.39, 0.29) is 33.7 Å². The van der Waals surface area contributed by atoms with E-state index in [2.05, 4.69) is 19.1 Å². The minimum absolute atomic E-state index is 0. The largest absolute Gasteiger partial charge is 2.00 e. The summed E-state index contributed by atoms with van der Waals surface area (Å²) in [6, 6.07) is 0. The Kier molecular flexibility index (Phi) is 30.4. The van der Waals surface area contributed by atoms with E-state index >= 15 is 0 Å². The third kappa shape index (κ3) is 40.0. The number of carboxylic acids is 2. The number of hydrogen-bond donors (Lipinski definition) is 0. The molecule has 0 radical (unpaired) electrons. The van der Waals surface area contributed by atoms with Crippen molar-refractivity contribution in [2.45, 2.75) is 104 Å². The van der Waals surface area contributed by atoms with Crippen molar-refractivity contribution in [3.8, 4) is 0 Å². The molecule has 25 heavy (non-hydrogen) atoms. The number of allylic oxidation sites excluding steroid dienone is 2. The minimum Gasteiger partial charge on any atom is -0.550 e. The minimum atomic E-state index is -1.08. The van der Waals surface area contributed by atoms with Crippen LogP contribution in [0, 0.1) is 0 Å². The van der Waals surface area contributed by atoms with E-state index in [9.17, 15) is 9.90 Å². The van der Waals surface area contributed by atoms with Gasteiger partial charge < -0.3 is 19.8 Å². The van der Waals surface area contributed by atoms with Crippen LogP contribution in [-0.2, 0) is 36.9 Å². The van der Waals surface area contributed by atoms with Gasteiger partial charge in [0.25, 0.3) is 0 Å². The summed E-state index contributed by atoms with van der Waals surface area (Å²) in [5.74, 6) is -2.00. The molecule has 0 fully saturated rings. The molecule has 0 aromatic rings. The van der Waals surface area contributed by atoms with Gasteiger partial charge in [0.1, 0.15) is 0 Å². The summed E-state index contributed by atoms with van der Waals surface area (Å²) >= 11 is 0. The van der Waals surface area contributed by atoms with Crippen molar-refractivity contribution in [3.63, 3.8) is 0 Å². The topological polar surface area (TPSA) is 80.3 Å². The summed E-state index contributed by atoms with van der Waals surface area (Å²) in [5.41, 5.74) is 0. The molecule has 4 nitrogen and oxygen atoms in total. The maximum Gasteiger partial charge on any atom is 2.00 e. The van der Waals surface area contributed by atoms with Gasteiger partial charge >= 0.3 is 27.3 Å². The normalized spacial score (nSPS) is 10.0. The quantitative estimate of drug-likeness (QED) is 0.216. The molecule has 0 aromatic carbocycles. The Morgan fingerprint density at radius 3 is 1.48 bits per heavy atom. The fraction of sp³-hybridized carbons (Fsp3) is 0.800. The molecule has 0 spiro atoms. The van der Waals surface area contributed by atoms with Gasteiger partial charge in [-0.25, -0.2) is 0 Å². The monoisotopic (exact) mass is 454 g/mol. The number of unbranched alkanes of at least 4 members (excludes halogenated alkanes) is 11. The Labute approximate surface area is 174 Å². The molecule has 0 heterocycles. The van der Waals surface area contributed by atoms with Crippen LogP contribution >= 0.6 is 0 Å². The molecule has 0 amide bonds. The Balaban J connectivity index is -0.000000867. The maximum atomic E-state index is 10.2. The molecule has 0 bridgehead atoms. The zero-order valence-electron chi connectivity index (χ0n) is 16.4. The average molecular weight is 453 g/mol. The molecular formula is C20H36CdO4. The van der Waals surface area contributed by atoms with E-state index in [0.717, 1.165) is 26.2 Å². The van der Waals surface area contributed by atoms with Crippen molar-refractivity contribution >= 4 is 11.9 Å². The van der Waals surface area contributed by atoms with Gasteiger partial charge in [-0.2, -0.15) is 0 Å². The molecule has 5 heteroatoms. The molecule has 0 aromatic heterocycles. The van der Waals surface area contributed by atoms with Crippen molar-refractivity contribution in [2.75, 3.05) is 0 Å². The third-order valence-corrected chi connectivity index (χ3v) is 3.64. The SMILES string of the molecule is CC(=O)[O-].CCCCCCCC/C=C\CCCCCCCC(=O)[O-].[Cd+2]. The Bertz CT molecular complexity index is 313. The molecule has 0 saturated carbocycles. The van der Waals surface area contributed by atoms with E-state index in [1.54, 1.807) is 0 Å². The molecule has 0 unspecified atom stereocenters. The van der Waals surface area contributed by atoms with Crippen LogP contribution in [-0.4, -0.2) is 11.9 Å². The first kappa shape index (κ1) is 29.4. The van der Waals surface area contributed by atoms with Gasteiger partial charge in [-0.3, -0.25) is 0 Å². The van der Waals surface area contributed by atoms with Crippen LogP contribution in [0.15, 0.2) is 12.2 Å². The molecule has 0 saturated heterocycles. The van der Waals surface area contributed by atoms with Crippen LogP contribution < -0.4 is 10.2 Å². The summed E-state index contributed by atoms with van der Waals surface area (Å²) in [4.78, 5) is 19.1. The smallest absolute Gasteiger partial charge is 0.550 e. The van der Waals surface area contributed by atoms with Crippen molar-refractivity contribution in [1.82, 2.24) is 0 Å². The van der Waals surface area contributed by atoms with E-state index in [1.165, 1.54) is 64.2 Å². The number of aliphatic carboxylic acids is 2. The molecule has 0 aliphatic heterocycles. The zero-order chi connectivity index (χ0) is 18.5. The van der Waals surface area contributed by atoms with Gasteiger partial charge in [-0.05, 0) is 45.4 Å². The van der Waals surface area contributed by atoms with Gasteiger partial charge in [0, 0.05) is 11.9 Å². The second kappa shape index (κ2) is 25.8. The Morgan fingerprint density at radius 2 is 1.08 bits per heavy atom. The van der Waals surface area contributed by atoms with Gasteiger partial charge in [-0.1, -0.05) is 70.4 Å². The van der Waals surface area contributed by atoms with Crippen molar-refractivity contribution in [2.24, 2.45) is 0 Å². The predicted molar refractivity (Wildman–Crippen MR) is 95.1 cm³/mol. The standard InChI is InChI=1S/C18H34O2.C2H4O2.Cd/c1-2-3-4-5-6-7-8-9-10-11-12-13-14-15-16-17-18(19)20;1-2(3)4;/h9-10H,2-8,11-17H2,1H3,(H,19,20);1H3,(H,3,4);/q;;+2/p-2/b10-9-;;. The first-order valence-corrected chi connectivity index (χ1v) is 9.53. The zero-order valence-corrected chi connectivity index (χ0v) is 20.4. The summed E-state index contributed by atoms with van der Waals surface area (Å²) in [7, 11) is 0. The van der Waals surface area contributed by atoms with Crippen molar-refractivity contribution < 1.29 is 47.1 Å². The van der Waals surface area contributed by atoms with Gasteiger partial charge in [0.15, 0.2) is 0 Å². The molecule has 0 aliphatic carbocycles. The number of carbonyl (C=O) groups is 2. The molecular weight excluding hydrogens is 417 g/mol. The Morgan fingerprint density at radius 1 is 0.720 bits per heavy atom. The fourth-order valence-corrected chi connectivity index (χ4v) is 2.34. The average Bonchev–Trinajstić information content (AvgIpc) is 2.50. The third-order valence-electron chi connectivity index (χ3n) is 3.64. The van der Waals surface area contributed by atoms with E-state index in [1.807, 2.05) is 0 Å². The van der Waals surface area contributed by atoms with Crippen LogP contribution in [0.3, 0.4) is 0 Å². The number of carboxylic acid groups (broad SMARTS) is 2.